The molecule has 1 rings (SSSR count). The van der Waals surface area contributed by atoms with Crippen molar-refractivity contribution < 1.29 is 13.4 Å². The Bertz CT molecular complexity index is 445. The average Bonchev–Trinajstić information content (AvgIpc) is 2.32. The maximum atomic E-state index is 13.1. The van der Waals surface area contributed by atoms with Crippen LogP contribution >= 0.6 is 0 Å². The highest BCUT2D eigenvalue weighted by atomic mass is 32.2. The molecule has 2 unspecified atom stereocenters. The number of amides is 1. The fraction of sp³-hybridized carbons (Fsp3) is 0.417. The van der Waals surface area contributed by atoms with Gasteiger partial charge in [0.05, 0.1) is 10.8 Å². The van der Waals surface area contributed by atoms with Gasteiger partial charge in [-0.1, -0.05) is 6.92 Å². The fourth-order valence-corrected chi connectivity index (χ4v) is 2.56. The summed E-state index contributed by atoms with van der Waals surface area (Å²) in [6, 6.07) is 3.70. The van der Waals surface area contributed by atoms with Crippen molar-refractivity contribution >= 4 is 22.4 Å². The van der Waals surface area contributed by atoms with Gasteiger partial charge >= 0.3 is 0 Å². The van der Waals surface area contributed by atoms with Crippen molar-refractivity contribution in [2.75, 3.05) is 12.3 Å². The highest BCUT2D eigenvalue weighted by Gasteiger charge is 2.21. The standard InChI is InChI=1S/C12H17FN2O2S/c1-3-4-15-12(16)8(2)18(17)11-6-9(13)5-10(14)7-11/h5-8H,3-4,14H2,1-2H3,(H,15,16). The topological polar surface area (TPSA) is 72.2 Å². The Morgan fingerprint density at radius 3 is 2.72 bits per heavy atom. The van der Waals surface area contributed by atoms with E-state index >= 15 is 0 Å². The molecule has 0 saturated heterocycles. The van der Waals surface area contributed by atoms with Gasteiger partial charge in [-0.25, -0.2) is 4.39 Å². The lowest BCUT2D eigenvalue weighted by Gasteiger charge is -2.12. The predicted molar refractivity (Wildman–Crippen MR) is 70.0 cm³/mol. The molecule has 0 aliphatic heterocycles. The number of nitrogens with one attached hydrogen (secondary N) is 1. The molecule has 1 aromatic rings. The molecule has 1 aromatic carbocycles. The van der Waals surface area contributed by atoms with E-state index in [0.717, 1.165) is 18.6 Å². The van der Waals surface area contributed by atoms with Gasteiger partial charge in [0.2, 0.25) is 5.91 Å². The van der Waals surface area contributed by atoms with Gasteiger partial charge in [-0.15, -0.1) is 0 Å². The van der Waals surface area contributed by atoms with Gasteiger partial charge < -0.3 is 11.1 Å². The van der Waals surface area contributed by atoms with Crippen molar-refractivity contribution in [2.45, 2.75) is 30.4 Å². The third-order valence-electron chi connectivity index (χ3n) is 2.37. The molecule has 0 heterocycles. The zero-order chi connectivity index (χ0) is 13.7. The van der Waals surface area contributed by atoms with E-state index in [1.54, 1.807) is 6.92 Å². The molecule has 100 valence electrons. The number of anilines is 1. The SMILES string of the molecule is CCCNC(=O)C(C)S(=O)c1cc(N)cc(F)c1. The molecule has 6 heteroatoms. The molecule has 18 heavy (non-hydrogen) atoms. The normalized spacial score (nSPS) is 13.9. The van der Waals surface area contributed by atoms with Crippen molar-refractivity contribution in [1.82, 2.24) is 5.32 Å². The second-order valence-electron chi connectivity index (χ2n) is 3.95. The number of hydrogen-bond donors (Lipinski definition) is 2. The van der Waals surface area contributed by atoms with E-state index in [4.69, 9.17) is 5.73 Å². The molecular weight excluding hydrogens is 255 g/mol. The summed E-state index contributed by atoms with van der Waals surface area (Å²) in [6.07, 6.45) is 0.804. The number of carbonyl (C=O) groups excluding carboxylic acids is 1. The molecule has 0 aliphatic rings. The van der Waals surface area contributed by atoms with Gasteiger partial charge in [-0.05, 0) is 31.5 Å². The molecule has 1 amide bonds. The number of benzene rings is 1. The van der Waals surface area contributed by atoms with Crippen molar-refractivity contribution in [3.8, 4) is 0 Å². The first-order valence-electron chi connectivity index (χ1n) is 5.70. The lowest BCUT2D eigenvalue weighted by Crippen LogP contribution is -2.35. The van der Waals surface area contributed by atoms with E-state index < -0.39 is 21.9 Å². The summed E-state index contributed by atoms with van der Waals surface area (Å²) < 4.78 is 25.2. The smallest absolute Gasteiger partial charge is 0.235 e. The Morgan fingerprint density at radius 1 is 1.50 bits per heavy atom. The van der Waals surface area contributed by atoms with Crippen LogP contribution in [0.15, 0.2) is 23.1 Å². The van der Waals surface area contributed by atoms with E-state index in [2.05, 4.69) is 5.32 Å². The number of halogens is 1. The second-order valence-corrected chi connectivity index (χ2v) is 5.72. The maximum absolute atomic E-state index is 13.1. The molecule has 0 saturated carbocycles. The number of hydrogen-bond acceptors (Lipinski definition) is 3. The summed E-state index contributed by atoms with van der Waals surface area (Å²) in [7, 11) is -1.61. The Labute approximate surface area is 108 Å². The first kappa shape index (κ1) is 14.6. The van der Waals surface area contributed by atoms with Gasteiger partial charge in [0.25, 0.3) is 0 Å². The lowest BCUT2D eigenvalue weighted by atomic mass is 10.3. The van der Waals surface area contributed by atoms with Gasteiger partial charge in [0, 0.05) is 17.1 Å². The zero-order valence-electron chi connectivity index (χ0n) is 10.4. The molecule has 4 nitrogen and oxygen atoms in total. The Kier molecular flexibility index (Phi) is 5.27. The molecule has 0 bridgehead atoms. The zero-order valence-corrected chi connectivity index (χ0v) is 11.2. The highest BCUT2D eigenvalue weighted by Crippen LogP contribution is 2.17. The summed E-state index contributed by atoms with van der Waals surface area (Å²) in [5, 5.41) is 1.92. The van der Waals surface area contributed by atoms with Gasteiger partial charge in [-0.2, -0.15) is 0 Å². The van der Waals surface area contributed by atoms with Gasteiger partial charge in [0.1, 0.15) is 11.1 Å². The van der Waals surface area contributed by atoms with Gasteiger partial charge in [-0.3, -0.25) is 9.00 Å². The van der Waals surface area contributed by atoms with Crippen LogP contribution in [0.4, 0.5) is 10.1 Å². The number of rotatable bonds is 5. The number of nitrogens with two attached hydrogens (primary N) is 1. The summed E-state index contributed by atoms with van der Waals surface area (Å²) in [5.41, 5.74) is 5.67. The third-order valence-corrected chi connectivity index (χ3v) is 3.92. The molecule has 0 aliphatic carbocycles. The minimum Gasteiger partial charge on any atom is -0.399 e. The van der Waals surface area contributed by atoms with Crippen molar-refractivity contribution in [2.24, 2.45) is 0 Å². The molecule has 0 radical (unpaired) electrons. The van der Waals surface area contributed by atoms with E-state index in [-0.39, 0.29) is 16.5 Å². The average molecular weight is 272 g/mol. The monoisotopic (exact) mass is 272 g/mol. The molecule has 0 fully saturated rings. The minimum absolute atomic E-state index is 0.194. The first-order chi connectivity index (χ1) is 8.45. The van der Waals surface area contributed by atoms with E-state index in [0.29, 0.717) is 6.54 Å². The van der Waals surface area contributed by atoms with Crippen molar-refractivity contribution in [1.29, 1.82) is 0 Å². The molecular formula is C12H17FN2O2S. The van der Waals surface area contributed by atoms with Crippen LogP contribution in [0.3, 0.4) is 0 Å². The van der Waals surface area contributed by atoms with Crippen molar-refractivity contribution in [3.63, 3.8) is 0 Å². The Balaban J connectivity index is 2.82. The van der Waals surface area contributed by atoms with Crippen LogP contribution in [0.5, 0.6) is 0 Å². The van der Waals surface area contributed by atoms with Gasteiger partial charge in [0.15, 0.2) is 0 Å². The molecule has 0 aromatic heterocycles. The third kappa shape index (κ3) is 3.80. The predicted octanol–water partition coefficient (Wildman–Crippen LogP) is 1.43. The highest BCUT2D eigenvalue weighted by molar-refractivity contribution is 7.86. The first-order valence-corrected chi connectivity index (χ1v) is 6.91. The number of nitrogen functional groups attached to an aromatic ring is 1. The van der Waals surface area contributed by atoms with Crippen LogP contribution in [-0.4, -0.2) is 21.9 Å². The van der Waals surface area contributed by atoms with Crippen LogP contribution < -0.4 is 11.1 Å². The van der Waals surface area contributed by atoms with Crippen LogP contribution in [0.2, 0.25) is 0 Å². The van der Waals surface area contributed by atoms with E-state index in [9.17, 15) is 13.4 Å². The fourth-order valence-electron chi connectivity index (χ4n) is 1.39. The van der Waals surface area contributed by atoms with Crippen LogP contribution in [0, 0.1) is 5.82 Å². The summed E-state index contributed by atoms with van der Waals surface area (Å²) in [5.74, 6) is -0.863. The van der Waals surface area contributed by atoms with E-state index in [1.807, 2.05) is 6.92 Å². The quantitative estimate of drug-likeness (QED) is 0.796. The van der Waals surface area contributed by atoms with Crippen molar-refractivity contribution in [3.05, 3.63) is 24.0 Å². The summed E-state index contributed by atoms with van der Waals surface area (Å²) in [6.45, 7) is 4.00. The van der Waals surface area contributed by atoms with Crippen LogP contribution in [0.1, 0.15) is 20.3 Å². The summed E-state index contributed by atoms with van der Waals surface area (Å²) in [4.78, 5) is 11.9. The molecule has 2 atom stereocenters. The van der Waals surface area contributed by atoms with Crippen LogP contribution in [-0.2, 0) is 15.6 Å². The van der Waals surface area contributed by atoms with Crippen LogP contribution in [0.25, 0.3) is 0 Å². The minimum atomic E-state index is -1.61. The second kappa shape index (κ2) is 6.49. The largest absolute Gasteiger partial charge is 0.399 e. The van der Waals surface area contributed by atoms with E-state index in [1.165, 1.54) is 6.07 Å². The molecule has 3 N–H and O–H groups in total. The Hall–Kier alpha value is -1.43. The summed E-state index contributed by atoms with van der Waals surface area (Å²) >= 11 is 0. The molecule has 0 spiro atoms. The maximum Gasteiger partial charge on any atom is 0.235 e. The number of carbonyl (C=O) groups is 1. The Morgan fingerprint density at radius 2 is 2.17 bits per heavy atom. The lowest BCUT2D eigenvalue weighted by molar-refractivity contribution is -0.120.